The Labute approximate surface area is 181 Å². The van der Waals surface area contributed by atoms with Crippen molar-refractivity contribution < 1.29 is 18.8 Å². The third-order valence-electron chi connectivity index (χ3n) is 6.21. The lowest BCUT2D eigenvalue weighted by Gasteiger charge is -2.32. The molecule has 0 saturated carbocycles. The van der Waals surface area contributed by atoms with E-state index in [4.69, 9.17) is 0 Å². The number of likely N-dealkylation sites (tertiary alicyclic amines) is 1. The van der Waals surface area contributed by atoms with E-state index in [0.717, 1.165) is 31.5 Å². The van der Waals surface area contributed by atoms with Crippen LogP contribution < -0.4 is 5.32 Å². The molecule has 2 aromatic carbocycles. The summed E-state index contributed by atoms with van der Waals surface area (Å²) >= 11 is 0. The van der Waals surface area contributed by atoms with E-state index in [1.54, 1.807) is 36.4 Å². The molecule has 1 unspecified atom stereocenters. The quantitative estimate of drug-likeness (QED) is 0.726. The van der Waals surface area contributed by atoms with E-state index >= 15 is 0 Å². The maximum absolute atomic E-state index is 13.1. The average molecular weight is 423 g/mol. The number of imide groups is 1. The molecule has 1 atom stereocenters. The standard InChI is InChI=1S/C24H26FN3O3/c1-16(17-6-8-19(25)9-7-17)26-22(29)18-10-12-27(13-11-18)14-15-28-23(30)20-4-2-3-5-21(20)24(28)31/h2-9,16,18H,10-15H2,1H3,(H,26,29). The minimum Gasteiger partial charge on any atom is -0.349 e. The van der Waals surface area contributed by atoms with Gasteiger partial charge in [-0.2, -0.15) is 0 Å². The van der Waals surface area contributed by atoms with Gasteiger partial charge in [-0.3, -0.25) is 19.3 Å². The molecule has 1 saturated heterocycles. The Balaban J connectivity index is 1.24. The van der Waals surface area contributed by atoms with Crippen LogP contribution in [0.5, 0.6) is 0 Å². The summed E-state index contributed by atoms with van der Waals surface area (Å²) in [4.78, 5) is 41.1. The molecule has 2 heterocycles. The van der Waals surface area contributed by atoms with Gasteiger partial charge in [-0.15, -0.1) is 0 Å². The highest BCUT2D eigenvalue weighted by atomic mass is 19.1. The summed E-state index contributed by atoms with van der Waals surface area (Å²) in [5, 5.41) is 3.02. The SMILES string of the molecule is CC(NC(=O)C1CCN(CCN2C(=O)c3ccccc3C2=O)CC1)c1ccc(F)cc1. The van der Waals surface area contributed by atoms with Gasteiger partial charge in [0.1, 0.15) is 5.82 Å². The Morgan fingerprint density at radius 2 is 1.58 bits per heavy atom. The van der Waals surface area contributed by atoms with Crippen LogP contribution in [0.1, 0.15) is 52.1 Å². The third kappa shape index (κ3) is 4.51. The smallest absolute Gasteiger partial charge is 0.261 e. The van der Waals surface area contributed by atoms with Crippen molar-refractivity contribution in [1.82, 2.24) is 15.1 Å². The lowest BCUT2D eigenvalue weighted by molar-refractivity contribution is -0.127. The molecule has 6 nitrogen and oxygen atoms in total. The average Bonchev–Trinajstić information content (AvgIpc) is 3.03. The molecule has 2 aliphatic rings. The fourth-order valence-electron chi connectivity index (χ4n) is 4.27. The van der Waals surface area contributed by atoms with Crippen molar-refractivity contribution in [2.24, 2.45) is 5.92 Å². The van der Waals surface area contributed by atoms with Crippen molar-refractivity contribution in [3.05, 3.63) is 71.0 Å². The second-order valence-electron chi connectivity index (χ2n) is 8.21. The van der Waals surface area contributed by atoms with Gasteiger partial charge < -0.3 is 10.2 Å². The van der Waals surface area contributed by atoms with Gasteiger partial charge in [0.25, 0.3) is 11.8 Å². The van der Waals surface area contributed by atoms with Crippen molar-refractivity contribution in [1.29, 1.82) is 0 Å². The number of halogens is 1. The van der Waals surface area contributed by atoms with Gasteiger partial charge in [-0.05, 0) is 62.7 Å². The second-order valence-corrected chi connectivity index (χ2v) is 8.21. The predicted molar refractivity (Wildman–Crippen MR) is 114 cm³/mol. The summed E-state index contributed by atoms with van der Waals surface area (Å²) in [5.41, 5.74) is 1.81. The van der Waals surface area contributed by atoms with Gasteiger partial charge in [0.05, 0.1) is 17.2 Å². The van der Waals surface area contributed by atoms with Crippen LogP contribution in [-0.4, -0.2) is 53.7 Å². The summed E-state index contributed by atoms with van der Waals surface area (Å²) in [6.07, 6.45) is 1.45. The highest BCUT2D eigenvalue weighted by molar-refractivity contribution is 6.21. The van der Waals surface area contributed by atoms with Gasteiger partial charge in [0, 0.05) is 19.0 Å². The number of carbonyl (C=O) groups is 3. The molecule has 7 heteroatoms. The Hall–Kier alpha value is -3.06. The summed E-state index contributed by atoms with van der Waals surface area (Å²) in [6, 6.07) is 12.9. The molecule has 162 valence electrons. The van der Waals surface area contributed by atoms with Crippen molar-refractivity contribution in [2.75, 3.05) is 26.2 Å². The summed E-state index contributed by atoms with van der Waals surface area (Å²) in [6.45, 7) is 4.33. The molecule has 2 aromatic rings. The van der Waals surface area contributed by atoms with Crippen LogP contribution in [0, 0.1) is 11.7 Å². The first kappa shape index (κ1) is 21.2. The van der Waals surface area contributed by atoms with Crippen LogP contribution in [0.3, 0.4) is 0 Å². The predicted octanol–water partition coefficient (Wildman–Crippen LogP) is 3.01. The Kier molecular flexibility index (Phi) is 6.13. The molecule has 0 aromatic heterocycles. The monoisotopic (exact) mass is 423 g/mol. The maximum atomic E-state index is 13.1. The zero-order chi connectivity index (χ0) is 22.0. The molecule has 1 N–H and O–H groups in total. The van der Waals surface area contributed by atoms with E-state index < -0.39 is 0 Å². The van der Waals surface area contributed by atoms with E-state index in [-0.39, 0.29) is 35.5 Å². The van der Waals surface area contributed by atoms with Gasteiger partial charge >= 0.3 is 0 Å². The zero-order valence-electron chi connectivity index (χ0n) is 17.5. The van der Waals surface area contributed by atoms with Gasteiger partial charge in [0.15, 0.2) is 0 Å². The molecule has 1 fully saturated rings. The second kappa shape index (κ2) is 8.98. The highest BCUT2D eigenvalue weighted by Crippen LogP contribution is 2.23. The van der Waals surface area contributed by atoms with E-state index in [1.807, 2.05) is 6.92 Å². The van der Waals surface area contributed by atoms with E-state index in [2.05, 4.69) is 10.2 Å². The fraction of sp³-hybridized carbons (Fsp3) is 0.375. The topological polar surface area (TPSA) is 69.7 Å². The number of amides is 3. The van der Waals surface area contributed by atoms with Gasteiger partial charge in [0.2, 0.25) is 5.91 Å². The van der Waals surface area contributed by atoms with Crippen LogP contribution in [0.25, 0.3) is 0 Å². The first-order valence-electron chi connectivity index (χ1n) is 10.7. The number of fused-ring (bicyclic) bond motifs is 1. The van der Waals surface area contributed by atoms with Crippen molar-refractivity contribution in [2.45, 2.75) is 25.8 Å². The summed E-state index contributed by atoms with van der Waals surface area (Å²) in [7, 11) is 0. The molecule has 0 bridgehead atoms. The summed E-state index contributed by atoms with van der Waals surface area (Å²) in [5.74, 6) is -0.819. The molecule has 31 heavy (non-hydrogen) atoms. The number of nitrogens with one attached hydrogen (secondary N) is 1. The minimum absolute atomic E-state index is 0.0109. The van der Waals surface area contributed by atoms with Crippen LogP contribution in [-0.2, 0) is 4.79 Å². The molecular formula is C24H26FN3O3. The van der Waals surface area contributed by atoms with Gasteiger partial charge in [-0.1, -0.05) is 24.3 Å². The normalized spacial score (nSPS) is 18.2. The molecule has 0 spiro atoms. The highest BCUT2D eigenvalue weighted by Gasteiger charge is 2.35. The van der Waals surface area contributed by atoms with Crippen molar-refractivity contribution >= 4 is 17.7 Å². The Morgan fingerprint density at radius 3 is 2.16 bits per heavy atom. The zero-order valence-corrected chi connectivity index (χ0v) is 17.5. The van der Waals surface area contributed by atoms with Crippen LogP contribution in [0.2, 0.25) is 0 Å². The first-order valence-corrected chi connectivity index (χ1v) is 10.7. The third-order valence-corrected chi connectivity index (χ3v) is 6.21. The van der Waals surface area contributed by atoms with Crippen molar-refractivity contribution in [3.63, 3.8) is 0 Å². The molecule has 2 aliphatic heterocycles. The Bertz CT molecular complexity index is 949. The fourth-order valence-corrected chi connectivity index (χ4v) is 4.27. The van der Waals surface area contributed by atoms with E-state index in [9.17, 15) is 18.8 Å². The van der Waals surface area contributed by atoms with Crippen LogP contribution >= 0.6 is 0 Å². The largest absolute Gasteiger partial charge is 0.349 e. The van der Waals surface area contributed by atoms with E-state index in [1.165, 1.54) is 17.0 Å². The van der Waals surface area contributed by atoms with Crippen LogP contribution in [0.4, 0.5) is 4.39 Å². The molecule has 0 aliphatic carbocycles. The lowest BCUT2D eigenvalue weighted by Crippen LogP contribution is -2.44. The van der Waals surface area contributed by atoms with E-state index in [0.29, 0.717) is 24.2 Å². The number of hydrogen-bond acceptors (Lipinski definition) is 4. The van der Waals surface area contributed by atoms with Gasteiger partial charge in [-0.25, -0.2) is 4.39 Å². The number of carbonyl (C=O) groups excluding carboxylic acids is 3. The lowest BCUT2D eigenvalue weighted by atomic mass is 9.95. The summed E-state index contributed by atoms with van der Waals surface area (Å²) < 4.78 is 13.1. The number of benzene rings is 2. The molecule has 3 amide bonds. The maximum Gasteiger partial charge on any atom is 0.261 e. The number of piperidine rings is 1. The number of rotatable bonds is 6. The minimum atomic E-state index is -0.296. The first-order chi connectivity index (χ1) is 14.9. The molecular weight excluding hydrogens is 397 g/mol. The Morgan fingerprint density at radius 1 is 1.00 bits per heavy atom. The molecule has 0 radical (unpaired) electrons. The molecule has 4 rings (SSSR count). The van der Waals surface area contributed by atoms with Crippen molar-refractivity contribution in [3.8, 4) is 0 Å². The van der Waals surface area contributed by atoms with Crippen LogP contribution in [0.15, 0.2) is 48.5 Å². The number of hydrogen-bond donors (Lipinski definition) is 1. The number of nitrogens with zero attached hydrogens (tertiary/aromatic N) is 2.